The predicted molar refractivity (Wildman–Crippen MR) is 60.0 cm³/mol. The van der Waals surface area contributed by atoms with Gasteiger partial charge in [-0.3, -0.25) is 0 Å². The first kappa shape index (κ1) is 11.3. The molecule has 0 spiro atoms. The van der Waals surface area contributed by atoms with E-state index in [1.54, 1.807) is 12.1 Å². The van der Waals surface area contributed by atoms with Crippen LogP contribution in [0.1, 0.15) is 19.4 Å². The van der Waals surface area contributed by atoms with E-state index in [4.69, 9.17) is 11.6 Å². The minimum absolute atomic E-state index is 0.0225. The molecule has 0 bridgehead atoms. The lowest BCUT2D eigenvalue weighted by Gasteiger charge is -2.24. The number of rotatable bonds is 3. The highest BCUT2D eigenvalue weighted by Gasteiger charge is 2.17. The number of benzene rings is 1. The van der Waals surface area contributed by atoms with Crippen LogP contribution < -0.4 is 5.32 Å². The first-order valence-corrected chi connectivity index (χ1v) is 4.99. The summed E-state index contributed by atoms with van der Waals surface area (Å²) in [7, 11) is 1.91. The molecule has 0 heterocycles. The summed E-state index contributed by atoms with van der Waals surface area (Å²) in [5.41, 5.74) is 0.888. The normalized spacial score (nSPS) is 11.7. The number of hydrogen-bond donors (Lipinski definition) is 2. The molecule has 14 heavy (non-hydrogen) atoms. The molecular formula is C11H16ClNO. The van der Waals surface area contributed by atoms with Crippen molar-refractivity contribution >= 4 is 11.6 Å². The Bertz CT molecular complexity index is 323. The lowest BCUT2D eigenvalue weighted by Crippen LogP contribution is -2.38. The highest BCUT2D eigenvalue weighted by Crippen LogP contribution is 2.25. The monoisotopic (exact) mass is 213 g/mol. The molecule has 1 aromatic carbocycles. The van der Waals surface area contributed by atoms with Crippen LogP contribution in [0.2, 0.25) is 5.02 Å². The largest absolute Gasteiger partial charge is 0.508 e. The summed E-state index contributed by atoms with van der Waals surface area (Å²) in [5, 5.41) is 13.4. The summed E-state index contributed by atoms with van der Waals surface area (Å²) in [4.78, 5) is 0. The smallest absolute Gasteiger partial charge is 0.120 e. The van der Waals surface area contributed by atoms with Crippen molar-refractivity contribution in [2.45, 2.75) is 25.8 Å². The zero-order valence-corrected chi connectivity index (χ0v) is 9.52. The van der Waals surface area contributed by atoms with Gasteiger partial charge in [0.25, 0.3) is 0 Å². The molecule has 78 valence electrons. The maximum absolute atomic E-state index is 9.64. The number of nitrogens with one attached hydrogen (secondary N) is 1. The zero-order valence-electron chi connectivity index (χ0n) is 8.76. The quantitative estimate of drug-likeness (QED) is 0.809. The number of aromatic hydroxyl groups is 1. The van der Waals surface area contributed by atoms with Gasteiger partial charge in [0.15, 0.2) is 0 Å². The van der Waals surface area contributed by atoms with E-state index in [9.17, 15) is 5.11 Å². The van der Waals surface area contributed by atoms with Crippen molar-refractivity contribution in [2.24, 2.45) is 0 Å². The molecule has 0 unspecified atom stereocenters. The van der Waals surface area contributed by atoms with Crippen molar-refractivity contribution in [1.82, 2.24) is 5.32 Å². The minimum Gasteiger partial charge on any atom is -0.508 e. The topological polar surface area (TPSA) is 32.3 Å². The lowest BCUT2D eigenvalue weighted by atomic mass is 9.95. The Morgan fingerprint density at radius 2 is 2.07 bits per heavy atom. The molecule has 3 heteroatoms. The Balaban J connectivity index is 2.87. The van der Waals surface area contributed by atoms with Crippen LogP contribution in [0.4, 0.5) is 0 Å². The molecular weight excluding hydrogens is 198 g/mol. The van der Waals surface area contributed by atoms with E-state index in [-0.39, 0.29) is 11.3 Å². The van der Waals surface area contributed by atoms with Crippen molar-refractivity contribution in [2.75, 3.05) is 7.05 Å². The van der Waals surface area contributed by atoms with Crippen molar-refractivity contribution in [3.05, 3.63) is 28.8 Å². The van der Waals surface area contributed by atoms with Crippen molar-refractivity contribution in [1.29, 1.82) is 0 Å². The third kappa shape index (κ3) is 2.89. The van der Waals surface area contributed by atoms with Crippen LogP contribution in [-0.4, -0.2) is 17.7 Å². The second-order valence-electron chi connectivity index (χ2n) is 4.08. The molecule has 0 fully saturated rings. The van der Waals surface area contributed by atoms with Crippen LogP contribution in [0.3, 0.4) is 0 Å². The van der Waals surface area contributed by atoms with E-state index in [0.717, 1.165) is 12.0 Å². The fourth-order valence-electron chi connectivity index (χ4n) is 1.25. The number of likely N-dealkylation sites (N-methyl/N-ethyl adjacent to an activating group) is 1. The van der Waals surface area contributed by atoms with E-state index in [1.165, 1.54) is 0 Å². The fourth-order valence-corrected chi connectivity index (χ4v) is 1.42. The predicted octanol–water partition coefficient (Wildman–Crippen LogP) is 2.59. The van der Waals surface area contributed by atoms with E-state index in [0.29, 0.717) is 5.02 Å². The zero-order chi connectivity index (χ0) is 10.8. The average molecular weight is 214 g/mol. The van der Waals surface area contributed by atoms with Crippen LogP contribution in [0.15, 0.2) is 18.2 Å². The molecule has 0 aromatic heterocycles. The lowest BCUT2D eigenvalue weighted by molar-refractivity contribution is 0.405. The second kappa shape index (κ2) is 4.20. The van der Waals surface area contributed by atoms with E-state index >= 15 is 0 Å². The number of phenolic OH excluding ortho intramolecular Hbond substituents is 1. The van der Waals surface area contributed by atoms with Gasteiger partial charge in [0.1, 0.15) is 5.75 Å². The molecule has 2 N–H and O–H groups in total. The van der Waals surface area contributed by atoms with Gasteiger partial charge in [0.05, 0.1) is 0 Å². The molecule has 0 saturated carbocycles. The van der Waals surface area contributed by atoms with Gasteiger partial charge in [-0.25, -0.2) is 0 Å². The van der Waals surface area contributed by atoms with Crippen LogP contribution >= 0.6 is 11.6 Å². The molecule has 0 amide bonds. The maximum atomic E-state index is 9.64. The summed E-state index contributed by atoms with van der Waals surface area (Å²) in [5.74, 6) is 0.265. The van der Waals surface area contributed by atoms with Gasteiger partial charge >= 0.3 is 0 Å². The molecule has 1 aromatic rings. The molecule has 0 saturated heterocycles. The van der Waals surface area contributed by atoms with Crippen molar-refractivity contribution in [3.8, 4) is 5.75 Å². The van der Waals surface area contributed by atoms with E-state index < -0.39 is 0 Å². The summed E-state index contributed by atoms with van der Waals surface area (Å²) >= 11 is 5.75. The second-order valence-corrected chi connectivity index (χ2v) is 4.52. The van der Waals surface area contributed by atoms with Crippen LogP contribution in [0.5, 0.6) is 5.75 Å². The van der Waals surface area contributed by atoms with Crippen molar-refractivity contribution in [3.63, 3.8) is 0 Å². The molecule has 1 rings (SSSR count). The fraction of sp³-hybridized carbons (Fsp3) is 0.455. The maximum Gasteiger partial charge on any atom is 0.120 e. The third-order valence-corrected chi connectivity index (χ3v) is 2.59. The molecule has 0 aliphatic rings. The standard InChI is InChI=1S/C11H16ClNO/c1-11(2,13-3)7-8-4-5-9(12)6-10(8)14/h4-6,13-14H,7H2,1-3H3. The number of hydrogen-bond acceptors (Lipinski definition) is 2. The Kier molecular flexibility index (Phi) is 3.40. The summed E-state index contributed by atoms with van der Waals surface area (Å²) in [6.07, 6.45) is 0.770. The Hall–Kier alpha value is -0.730. The van der Waals surface area contributed by atoms with Crippen LogP contribution in [-0.2, 0) is 6.42 Å². The summed E-state index contributed by atoms with van der Waals surface area (Å²) in [6, 6.07) is 5.22. The number of phenols is 1. The third-order valence-electron chi connectivity index (χ3n) is 2.36. The molecule has 0 aliphatic carbocycles. The van der Waals surface area contributed by atoms with Gasteiger partial charge in [-0.05, 0) is 45.0 Å². The highest BCUT2D eigenvalue weighted by atomic mass is 35.5. The Morgan fingerprint density at radius 3 is 2.57 bits per heavy atom. The highest BCUT2D eigenvalue weighted by molar-refractivity contribution is 6.30. The molecule has 0 atom stereocenters. The molecule has 2 nitrogen and oxygen atoms in total. The summed E-state index contributed by atoms with van der Waals surface area (Å²) < 4.78 is 0. The number of halogens is 1. The molecule has 0 aliphatic heterocycles. The Morgan fingerprint density at radius 1 is 1.43 bits per heavy atom. The SMILES string of the molecule is CNC(C)(C)Cc1ccc(Cl)cc1O. The van der Waals surface area contributed by atoms with Gasteiger partial charge in [-0.15, -0.1) is 0 Å². The van der Waals surface area contributed by atoms with Crippen LogP contribution in [0.25, 0.3) is 0 Å². The van der Waals surface area contributed by atoms with Gasteiger partial charge in [-0.1, -0.05) is 17.7 Å². The average Bonchev–Trinajstić information content (AvgIpc) is 2.10. The first-order valence-electron chi connectivity index (χ1n) is 4.61. The minimum atomic E-state index is -0.0225. The summed E-state index contributed by atoms with van der Waals surface area (Å²) in [6.45, 7) is 4.17. The Labute approximate surface area is 89.9 Å². The van der Waals surface area contributed by atoms with Gasteiger partial charge in [-0.2, -0.15) is 0 Å². The van der Waals surface area contributed by atoms with Crippen LogP contribution in [0, 0.1) is 0 Å². The van der Waals surface area contributed by atoms with Gasteiger partial charge in [0, 0.05) is 10.6 Å². The van der Waals surface area contributed by atoms with E-state index in [1.807, 2.05) is 13.1 Å². The van der Waals surface area contributed by atoms with E-state index in [2.05, 4.69) is 19.2 Å². The van der Waals surface area contributed by atoms with Gasteiger partial charge < -0.3 is 10.4 Å². The molecule has 0 radical (unpaired) electrons. The first-order chi connectivity index (χ1) is 6.44. The van der Waals surface area contributed by atoms with Gasteiger partial charge in [0.2, 0.25) is 0 Å². The van der Waals surface area contributed by atoms with Crippen molar-refractivity contribution < 1.29 is 5.11 Å².